The van der Waals surface area contributed by atoms with E-state index in [1.54, 1.807) is 4.68 Å². The Hall–Kier alpha value is -1.21. The third kappa shape index (κ3) is 4.45. The van der Waals surface area contributed by atoms with E-state index in [4.69, 9.17) is 21.7 Å². The van der Waals surface area contributed by atoms with Crippen molar-refractivity contribution >= 4 is 22.9 Å². The lowest BCUT2D eigenvalue weighted by Gasteiger charge is -2.17. The van der Waals surface area contributed by atoms with Gasteiger partial charge >= 0.3 is 0 Å². The molecule has 1 saturated carbocycles. The minimum absolute atomic E-state index is 0.242. The topological polar surface area (TPSA) is 70.6 Å². The smallest absolute Gasteiger partial charge is 0.203 e. The molecule has 0 radical (unpaired) electrons. The molecule has 1 atom stereocenters. The van der Waals surface area contributed by atoms with Crippen LogP contribution in [-0.4, -0.2) is 38.7 Å². The van der Waals surface area contributed by atoms with Gasteiger partial charge in [0.15, 0.2) is 0 Å². The molecule has 7 heteroatoms. The molecule has 3 rings (SSSR count). The van der Waals surface area contributed by atoms with Gasteiger partial charge in [-0.1, -0.05) is 54.3 Å². The summed E-state index contributed by atoms with van der Waals surface area (Å²) in [5.74, 6) is 0. The van der Waals surface area contributed by atoms with Gasteiger partial charge in [-0.15, -0.1) is 0 Å². The van der Waals surface area contributed by atoms with Crippen molar-refractivity contribution < 1.29 is 10.2 Å². The first-order valence-electron chi connectivity index (χ1n) is 8.32. The van der Waals surface area contributed by atoms with Crippen molar-refractivity contribution in [2.45, 2.75) is 50.8 Å². The summed E-state index contributed by atoms with van der Waals surface area (Å²) in [5.41, 5.74) is 0.974. The largest absolute Gasteiger partial charge is 0.394 e. The van der Waals surface area contributed by atoms with Crippen LogP contribution in [0.15, 0.2) is 29.3 Å². The molecule has 1 aliphatic carbocycles. The Bertz CT molecular complexity index is 720. The molecule has 1 fully saturated rings. The van der Waals surface area contributed by atoms with Crippen molar-refractivity contribution in [2.24, 2.45) is 4.99 Å². The van der Waals surface area contributed by atoms with Crippen molar-refractivity contribution in [3.8, 4) is 10.6 Å². The second-order valence-corrected chi connectivity index (χ2v) is 7.53. The lowest BCUT2D eigenvalue weighted by molar-refractivity contribution is 0.0773. The maximum absolute atomic E-state index is 9.79. The van der Waals surface area contributed by atoms with Crippen LogP contribution in [0.25, 0.3) is 10.6 Å². The van der Waals surface area contributed by atoms with Gasteiger partial charge in [-0.2, -0.15) is 5.10 Å². The van der Waals surface area contributed by atoms with Crippen LogP contribution in [0.2, 0.25) is 5.02 Å². The number of benzene rings is 1. The maximum Gasteiger partial charge on any atom is 0.203 e. The van der Waals surface area contributed by atoms with Gasteiger partial charge < -0.3 is 10.2 Å². The van der Waals surface area contributed by atoms with E-state index in [2.05, 4.69) is 5.10 Å². The predicted molar refractivity (Wildman–Crippen MR) is 96.1 cm³/mol. The first-order valence-corrected chi connectivity index (χ1v) is 9.52. The minimum Gasteiger partial charge on any atom is -0.394 e. The molecular weight excluding hydrogens is 346 g/mol. The summed E-state index contributed by atoms with van der Waals surface area (Å²) in [6, 6.07) is 7.86. The molecule has 1 aromatic heterocycles. The van der Waals surface area contributed by atoms with E-state index in [0.717, 1.165) is 28.2 Å². The summed E-state index contributed by atoms with van der Waals surface area (Å²) >= 11 is 7.46. The van der Waals surface area contributed by atoms with Gasteiger partial charge in [0.2, 0.25) is 4.80 Å². The summed E-state index contributed by atoms with van der Waals surface area (Å²) in [6.45, 7) is -0.0458. The zero-order chi connectivity index (χ0) is 16.9. The molecule has 0 bridgehead atoms. The van der Waals surface area contributed by atoms with E-state index in [9.17, 15) is 5.11 Å². The highest BCUT2D eigenvalue weighted by atomic mass is 35.5. The van der Waals surface area contributed by atoms with Crippen molar-refractivity contribution in [1.29, 1.82) is 0 Å². The Balaban J connectivity index is 1.95. The quantitative estimate of drug-likeness (QED) is 0.853. The molecule has 0 saturated heterocycles. The standard InChI is InChI=1S/C17H22ClN3O2S/c18-13-8-6-12(7-9-13)16-20-21(10-15(23)11-22)17(24-16)19-14-4-2-1-3-5-14/h6-9,14-15,22-23H,1-5,10-11H2. The predicted octanol–water partition coefficient (Wildman–Crippen LogP) is 2.85. The number of hydrogen-bond donors (Lipinski definition) is 2. The van der Waals surface area contributed by atoms with Gasteiger partial charge in [0, 0.05) is 10.6 Å². The number of halogens is 1. The van der Waals surface area contributed by atoms with E-state index in [1.165, 1.54) is 30.6 Å². The fraction of sp³-hybridized carbons (Fsp3) is 0.529. The highest BCUT2D eigenvalue weighted by Gasteiger charge is 2.15. The Kier molecular flexibility index (Phi) is 6.05. The summed E-state index contributed by atoms with van der Waals surface area (Å²) in [5, 5.41) is 25.0. The minimum atomic E-state index is -0.838. The normalized spacial score (nSPS) is 18.0. The second kappa shape index (κ2) is 8.25. The summed E-state index contributed by atoms with van der Waals surface area (Å²) in [4.78, 5) is 5.67. The summed E-state index contributed by atoms with van der Waals surface area (Å²) < 4.78 is 1.71. The number of nitrogens with zero attached hydrogens (tertiary/aromatic N) is 3. The van der Waals surface area contributed by atoms with Crippen LogP contribution in [0, 0.1) is 0 Å². The van der Waals surface area contributed by atoms with E-state index in [1.807, 2.05) is 24.3 Å². The summed E-state index contributed by atoms with van der Waals surface area (Å²) in [7, 11) is 0. The van der Waals surface area contributed by atoms with Crippen molar-refractivity contribution in [1.82, 2.24) is 9.78 Å². The molecule has 1 unspecified atom stereocenters. The average molecular weight is 368 g/mol. The number of aromatic nitrogens is 2. The Labute approximate surface area is 150 Å². The van der Waals surface area contributed by atoms with Gasteiger partial charge in [0.1, 0.15) is 5.01 Å². The third-order valence-electron chi connectivity index (χ3n) is 4.17. The van der Waals surface area contributed by atoms with Gasteiger partial charge in [0.25, 0.3) is 0 Å². The highest BCUT2D eigenvalue weighted by molar-refractivity contribution is 7.12. The van der Waals surface area contributed by atoms with Crippen LogP contribution in [0.5, 0.6) is 0 Å². The molecule has 1 aromatic carbocycles. The number of aliphatic hydroxyl groups is 2. The SMILES string of the molecule is OCC(O)Cn1nc(-c2ccc(Cl)cc2)sc1=NC1CCCCC1. The van der Waals surface area contributed by atoms with Crippen LogP contribution in [0.3, 0.4) is 0 Å². The van der Waals surface area contributed by atoms with Crippen LogP contribution in [0.1, 0.15) is 32.1 Å². The molecule has 2 N–H and O–H groups in total. The fourth-order valence-electron chi connectivity index (χ4n) is 2.86. The Morgan fingerprint density at radius 1 is 1.25 bits per heavy atom. The van der Waals surface area contributed by atoms with Crippen LogP contribution in [0.4, 0.5) is 0 Å². The molecule has 1 aliphatic rings. The molecule has 5 nitrogen and oxygen atoms in total. The lowest BCUT2D eigenvalue weighted by atomic mass is 9.96. The van der Waals surface area contributed by atoms with Gasteiger partial charge in [-0.3, -0.25) is 4.99 Å². The Morgan fingerprint density at radius 3 is 2.62 bits per heavy atom. The first kappa shape index (κ1) is 17.6. The highest BCUT2D eigenvalue weighted by Crippen LogP contribution is 2.23. The number of hydrogen-bond acceptors (Lipinski definition) is 5. The van der Waals surface area contributed by atoms with Crippen molar-refractivity contribution in [3.63, 3.8) is 0 Å². The van der Waals surface area contributed by atoms with Crippen LogP contribution >= 0.6 is 22.9 Å². The van der Waals surface area contributed by atoms with Crippen molar-refractivity contribution in [2.75, 3.05) is 6.61 Å². The van der Waals surface area contributed by atoms with Gasteiger partial charge in [-0.05, 0) is 25.0 Å². The van der Waals surface area contributed by atoms with E-state index < -0.39 is 6.10 Å². The van der Waals surface area contributed by atoms with Gasteiger partial charge in [-0.25, -0.2) is 4.68 Å². The molecular formula is C17H22ClN3O2S. The molecule has 1 heterocycles. The molecule has 24 heavy (non-hydrogen) atoms. The lowest BCUT2D eigenvalue weighted by Crippen LogP contribution is -2.28. The Morgan fingerprint density at radius 2 is 1.96 bits per heavy atom. The monoisotopic (exact) mass is 367 g/mol. The maximum atomic E-state index is 9.79. The third-order valence-corrected chi connectivity index (χ3v) is 5.44. The molecule has 0 amide bonds. The second-order valence-electron chi connectivity index (χ2n) is 6.14. The fourth-order valence-corrected chi connectivity index (χ4v) is 3.97. The molecule has 0 spiro atoms. The molecule has 2 aromatic rings. The first-order chi connectivity index (χ1) is 11.7. The zero-order valence-corrected chi connectivity index (χ0v) is 15.0. The van der Waals surface area contributed by atoms with Crippen LogP contribution in [-0.2, 0) is 6.54 Å². The molecule has 130 valence electrons. The molecule has 0 aliphatic heterocycles. The van der Waals surface area contributed by atoms with Gasteiger partial charge in [0.05, 0.1) is 25.3 Å². The summed E-state index contributed by atoms with van der Waals surface area (Å²) in [6.07, 6.45) is 5.10. The van der Waals surface area contributed by atoms with E-state index >= 15 is 0 Å². The van der Waals surface area contributed by atoms with E-state index in [-0.39, 0.29) is 13.2 Å². The number of rotatable bonds is 5. The average Bonchev–Trinajstić information content (AvgIpc) is 2.98. The van der Waals surface area contributed by atoms with Crippen LogP contribution < -0.4 is 4.80 Å². The van der Waals surface area contributed by atoms with Crippen molar-refractivity contribution in [3.05, 3.63) is 34.1 Å². The number of aliphatic hydroxyl groups excluding tert-OH is 2. The van der Waals surface area contributed by atoms with E-state index in [0.29, 0.717) is 11.1 Å². The zero-order valence-electron chi connectivity index (χ0n) is 13.4.